The predicted octanol–water partition coefficient (Wildman–Crippen LogP) is 10.2. The van der Waals surface area contributed by atoms with E-state index in [1.165, 1.54) is 33.6 Å². The van der Waals surface area contributed by atoms with Crippen molar-refractivity contribution in [1.29, 1.82) is 0 Å². The number of anilines is 4. The summed E-state index contributed by atoms with van der Waals surface area (Å²) < 4.78 is 22.3. The second-order valence-electron chi connectivity index (χ2n) is 25.4. The molecule has 4 aliphatic rings. The van der Waals surface area contributed by atoms with Crippen LogP contribution in [0.25, 0.3) is 20.7 Å². The van der Waals surface area contributed by atoms with E-state index in [4.69, 9.17) is 4.74 Å². The van der Waals surface area contributed by atoms with Crippen molar-refractivity contribution in [2.24, 2.45) is 10.8 Å². The van der Waals surface area contributed by atoms with Crippen LogP contribution in [0.4, 0.5) is 26.3 Å². The Morgan fingerprint density at radius 1 is 0.912 bits per heavy atom. The normalized spacial score (nSPS) is 18.1. The highest BCUT2D eigenvalue weighted by atomic mass is 32.1. The SMILES string of the molecule is Cc1ncsc1-c1ccc(C(C)NC(=O)[C@@H]2C[C@@H](O)CN2C(=O)C(NC(=O)CC2(CC(=O)N3CCN(CC#Cc4ccc(OCCCc5sc(N6CCCc7c6nnc(Nc6nc8ccccc8s6)c7C)nc5C(=O)O)c(F)c4)CC3)CCCC2)C(C)(C)C)cc1. The zero-order valence-corrected chi connectivity index (χ0v) is 54.6. The summed E-state index contributed by atoms with van der Waals surface area (Å²) >= 11 is 4.41. The minimum Gasteiger partial charge on any atom is -0.491 e. The van der Waals surface area contributed by atoms with Gasteiger partial charge in [-0.3, -0.25) is 24.1 Å². The van der Waals surface area contributed by atoms with Gasteiger partial charge in [-0.25, -0.2) is 24.1 Å². The molecule has 7 aromatic rings. The molecule has 2 unspecified atom stereocenters. The monoisotopic (exact) mass is 1290 g/mol. The number of para-hydroxylation sites is 1. The number of carboxylic acids is 1. The van der Waals surface area contributed by atoms with Crippen molar-refractivity contribution in [3.8, 4) is 28.0 Å². The fourth-order valence-electron chi connectivity index (χ4n) is 12.8. The summed E-state index contributed by atoms with van der Waals surface area (Å²) in [4.78, 5) is 91.6. The Hall–Kier alpha value is -7.95. The quantitative estimate of drug-likeness (QED) is 0.0352. The van der Waals surface area contributed by atoms with E-state index in [1.807, 2.05) is 105 Å². The summed E-state index contributed by atoms with van der Waals surface area (Å²) in [6.45, 7) is 14.7. The molecule has 4 atom stereocenters. The van der Waals surface area contributed by atoms with E-state index in [0.717, 1.165) is 73.9 Å². The van der Waals surface area contributed by atoms with Gasteiger partial charge in [0.2, 0.25) is 23.6 Å². The summed E-state index contributed by atoms with van der Waals surface area (Å²) in [7, 11) is 0. The fraction of sp³-hybridized carbons (Fsp3) is 0.463. The van der Waals surface area contributed by atoms with E-state index >= 15 is 4.39 Å². The van der Waals surface area contributed by atoms with Crippen LogP contribution in [0.1, 0.15) is 135 Å². The molecular formula is C67H77FN12O8S3. The van der Waals surface area contributed by atoms with Crippen LogP contribution in [0.5, 0.6) is 5.75 Å². The van der Waals surface area contributed by atoms with Crippen LogP contribution in [-0.4, -0.2) is 150 Å². The Morgan fingerprint density at radius 2 is 1.68 bits per heavy atom. The predicted molar refractivity (Wildman–Crippen MR) is 351 cm³/mol. The Bertz CT molecular complexity index is 3860. The molecule has 0 bridgehead atoms. The third-order valence-electron chi connectivity index (χ3n) is 17.8. The Morgan fingerprint density at radius 3 is 2.40 bits per heavy atom. The summed E-state index contributed by atoms with van der Waals surface area (Å²) in [5.74, 6) is 4.70. The number of likely N-dealkylation sites (tertiary alicyclic amines) is 1. The van der Waals surface area contributed by atoms with Gasteiger partial charge in [-0.15, -0.1) is 32.9 Å². The lowest BCUT2D eigenvalue weighted by atomic mass is 9.78. The molecule has 0 radical (unpaired) electrons. The Balaban J connectivity index is 0.625. The minimum absolute atomic E-state index is 0.0141. The Kier molecular flexibility index (Phi) is 19.8. The smallest absolute Gasteiger partial charge is 0.355 e. The third kappa shape index (κ3) is 15.0. The standard InChI is InChI=1S/C67H77FN12O8S3/c1-40-47-15-12-28-79(60(47)76-75-59(40)74-64-71-49-16-7-8-17-52(49)90-64)65-73-56(63(86)87)53(91-65)18-13-33-88-51-24-19-43(34-48(51)68)14-11-27-77-29-31-78(32-30-77)55(83)37-67(25-9-10-26-67)36-54(82)72-58(66(4,5)6)62(85)80-38-46(81)35-50(80)61(84)70-41(2)44-20-22-45(23-21-44)57-42(3)69-39-89-57/h7-8,16-17,19-24,34,39,41,46,50,58,81H,9-10,12-13,15,18,25-33,35-38H2,1-6H3,(H,70,84)(H,72,82)(H,86,87)(H,71,74,75)/t41?,46-,50+,58?/m1/s1. The molecule has 7 heterocycles. The number of thiazole rings is 3. The van der Waals surface area contributed by atoms with Crippen LogP contribution >= 0.6 is 34.0 Å². The fourth-order valence-corrected chi connectivity index (χ4v) is 15.6. The van der Waals surface area contributed by atoms with Gasteiger partial charge in [-0.05, 0) is 112 Å². The number of rotatable bonds is 20. The number of halogens is 1. The van der Waals surface area contributed by atoms with Crippen LogP contribution in [0.3, 0.4) is 0 Å². The third-order valence-corrected chi connectivity index (χ3v) is 20.9. The van der Waals surface area contributed by atoms with E-state index in [9.17, 15) is 34.2 Å². The number of fused-ring (bicyclic) bond motifs is 2. The molecular weight excluding hydrogens is 1220 g/mol. The number of ether oxygens (including phenoxy) is 1. The van der Waals surface area contributed by atoms with Crippen molar-refractivity contribution >= 4 is 95.7 Å². The topological polar surface area (TPSA) is 249 Å². The number of aliphatic hydroxyl groups is 1. The number of hydrogen-bond donors (Lipinski definition) is 5. The lowest BCUT2D eigenvalue weighted by Gasteiger charge is -2.38. The first-order valence-corrected chi connectivity index (χ1v) is 33.7. The molecule has 3 aromatic carbocycles. The highest BCUT2D eigenvalue weighted by Gasteiger charge is 2.46. The van der Waals surface area contributed by atoms with Gasteiger partial charge in [-0.1, -0.05) is 93.2 Å². The first-order chi connectivity index (χ1) is 43.7. The van der Waals surface area contributed by atoms with Crippen molar-refractivity contribution in [3.05, 3.63) is 117 Å². The number of benzene rings is 3. The number of aliphatic hydroxyl groups excluding tert-OH is 1. The van der Waals surface area contributed by atoms with Gasteiger partial charge in [0, 0.05) is 80.1 Å². The molecule has 4 amide bonds. The summed E-state index contributed by atoms with van der Waals surface area (Å²) in [6.07, 6.45) is 5.03. The minimum atomic E-state index is -1.13. The number of carbonyl (C=O) groups is 5. The second kappa shape index (κ2) is 27.9. The molecule has 3 aliphatic heterocycles. The average Bonchev–Trinajstić information content (AvgIpc) is 1.99. The number of amides is 4. The molecule has 4 aromatic heterocycles. The highest BCUT2D eigenvalue weighted by Crippen LogP contribution is 2.45. The number of aromatic carboxylic acids is 1. The van der Waals surface area contributed by atoms with Crippen LogP contribution in [0.15, 0.2) is 72.2 Å². The molecule has 91 heavy (non-hydrogen) atoms. The molecule has 478 valence electrons. The van der Waals surface area contributed by atoms with E-state index in [2.05, 4.69) is 57.8 Å². The number of β-amino-alcohol motifs (C(OH)–C–C–N with tert-alkyl or cyclic N) is 1. The van der Waals surface area contributed by atoms with Gasteiger partial charge >= 0.3 is 5.97 Å². The van der Waals surface area contributed by atoms with E-state index in [0.29, 0.717) is 92.2 Å². The van der Waals surface area contributed by atoms with Crippen LogP contribution in [-0.2, 0) is 32.0 Å². The van der Waals surface area contributed by atoms with Crippen LogP contribution in [0, 0.1) is 42.3 Å². The molecule has 5 N–H and O–H groups in total. The molecule has 20 nitrogen and oxygen atoms in total. The first kappa shape index (κ1) is 64.6. The summed E-state index contributed by atoms with van der Waals surface area (Å²) in [6, 6.07) is 18.1. The summed E-state index contributed by atoms with van der Waals surface area (Å²) in [5, 5.41) is 40.8. The van der Waals surface area contributed by atoms with E-state index in [-0.39, 0.29) is 67.6 Å². The van der Waals surface area contributed by atoms with Gasteiger partial charge in [0.1, 0.15) is 12.1 Å². The number of aryl methyl sites for hydroxylation is 2. The average molecular weight is 1290 g/mol. The largest absolute Gasteiger partial charge is 0.491 e. The Labute approximate surface area is 541 Å². The van der Waals surface area contributed by atoms with Crippen LogP contribution < -0.4 is 25.6 Å². The number of nitrogens with zero attached hydrogens (tertiary/aromatic N) is 9. The number of aromatic nitrogens is 5. The molecule has 1 saturated carbocycles. The molecule has 2 saturated heterocycles. The van der Waals surface area contributed by atoms with Gasteiger partial charge in [0.25, 0.3) is 0 Å². The lowest BCUT2D eigenvalue weighted by molar-refractivity contribution is -0.144. The first-order valence-electron chi connectivity index (χ1n) is 31.2. The van der Waals surface area contributed by atoms with Gasteiger partial charge in [0.15, 0.2) is 39.2 Å². The van der Waals surface area contributed by atoms with Crippen molar-refractivity contribution < 1.29 is 43.3 Å². The zero-order valence-electron chi connectivity index (χ0n) is 52.1. The highest BCUT2D eigenvalue weighted by molar-refractivity contribution is 7.22. The molecule has 11 rings (SSSR count). The molecule has 1 aliphatic carbocycles. The second-order valence-corrected chi connectivity index (χ2v) is 28.4. The van der Waals surface area contributed by atoms with E-state index in [1.54, 1.807) is 23.5 Å². The maximum absolute atomic E-state index is 15.4. The lowest BCUT2D eigenvalue weighted by Crippen LogP contribution is -2.58. The maximum atomic E-state index is 15.4. The van der Waals surface area contributed by atoms with Crippen LogP contribution in [0.2, 0.25) is 0 Å². The van der Waals surface area contributed by atoms with Crippen molar-refractivity contribution in [1.82, 2.24) is 50.5 Å². The van der Waals surface area contributed by atoms with Crippen molar-refractivity contribution in [2.75, 3.05) is 62.6 Å². The van der Waals surface area contributed by atoms with Gasteiger partial charge in [0.05, 0.1) is 51.6 Å². The van der Waals surface area contributed by atoms with Gasteiger partial charge in [-0.2, -0.15) is 0 Å². The number of piperazine rings is 1. The van der Waals surface area contributed by atoms with E-state index < -0.39 is 46.7 Å². The number of hydrogen-bond acceptors (Lipinski definition) is 18. The number of nitrogens with one attached hydrogen (secondary N) is 3. The van der Waals surface area contributed by atoms with Gasteiger partial charge < -0.3 is 45.6 Å². The molecule has 24 heteroatoms. The number of carboxylic acid groups (broad SMARTS) is 1. The molecule has 3 fully saturated rings. The maximum Gasteiger partial charge on any atom is 0.355 e. The molecule has 0 spiro atoms. The number of carbonyl (C=O) groups excluding carboxylic acids is 4. The van der Waals surface area contributed by atoms with Crippen molar-refractivity contribution in [3.63, 3.8) is 0 Å². The zero-order chi connectivity index (χ0) is 64.1. The van der Waals surface area contributed by atoms with Crippen molar-refractivity contribution in [2.45, 2.75) is 136 Å². The summed E-state index contributed by atoms with van der Waals surface area (Å²) in [5.41, 5.74) is 6.70.